The second-order valence-corrected chi connectivity index (χ2v) is 22.1. The van der Waals surface area contributed by atoms with Gasteiger partial charge in [-0.1, -0.05) is 245 Å². The number of carbonyl (C=O) groups excluding carboxylic acids is 1. The van der Waals surface area contributed by atoms with Gasteiger partial charge in [0.25, 0.3) is 0 Å². The van der Waals surface area contributed by atoms with Gasteiger partial charge in [0.05, 0.1) is 39.9 Å². The number of aliphatic hydroxyl groups is 1. The molecule has 418 valence electrons. The number of hydrogen-bond acceptors (Lipinski definition) is 5. The van der Waals surface area contributed by atoms with Gasteiger partial charge in [-0.2, -0.15) is 0 Å². The summed E-state index contributed by atoms with van der Waals surface area (Å²) in [5.74, 6) is -0.215. The van der Waals surface area contributed by atoms with Crippen molar-refractivity contribution < 1.29 is 32.9 Å². The van der Waals surface area contributed by atoms with Gasteiger partial charge in [-0.15, -0.1) is 0 Å². The number of amides is 1. The number of phosphoric ester groups is 1. The summed E-state index contributed by atoms with van der Waals surface area (Å²) >= 11 is 0. The number of nitrogens with zero attached hydrogens (tertiary/aromatic N) is 1. The van der Waals surface area contributed by atoms with Crippen molar-refractivity contribution in [3.05, 3.63) is 122 Å². The minimum Gasteiger partial charge on any atom is -0.387 e. The largest absolute Gasteiger partial charge is 0.472 e. The average molecular weight is 1040 g/mol. The molecule has 0 bridgehead atoms. The highest BCUT2D eigenvalue weighted by molar-refractivity contribution is 7.47. The van der Waals surface area contributed by atoms with E-state index in [1.807, 2.05) is 27.2 Å². The molecule has 0 rings (SSSR count). The zero-order valence-electron chi connectivity index (χ0n) is 47.6. The molecule has 0 spiro atoms. The van der Waals surface area contributed by atoms with Crippen LogP contribution in [-0.4, -0.2) is 73.4 Å². The molecule has 0 heterocycles. The number of carbonyl (C=O) groups is 1. The Morgan fingerprint density at radius 1 is 0.479 bits per heavy atom. The van der Waals surface area contributed by atoms with Gasteiger partial charge >= 0.3 is 7.82 Å². The van der Waals surface area contributed by atoms with Crippen molar-refractivity contribution in [2.24, 2.45) is 0 Å². The Hall–Kier alpha value is -3.10. The molecule has 0 saturated carbocycles. The van der Waals surface area contributed by atoms with Crippen LogP contribution in [0.4, 0.5) is 0 Å². The lowest BCUT2D eigenvalue weighted by Crippen LogP contribution is -2.45. The van der Waals surface area contributed by atoms with Crippen LogP contribution in [0.25, 0.3) is 0 Å². The van der Waals surface area contributed by atoms with Crippen molar-refractivity contribution in [1.82, 2.24) is 5.32 Å². The van der Waals surface area contributed by atoms with E-state index in [9.17, 15) is 19.4 Å². The van der Waals surface area contributed by atoms with Gasteiger partial charge in [0, 0.05) is 6.42 Å². The molecule has 0 saturated heterocycles. The van der Waals surface area contributed by atoms with Crippen molar-refractivity contribution in [1.29, 1.82) is 0 Å². The maximum absolute atomic E-state index is 13.0. The minimum atomic E-state index is -4.37. The Kier molecular flexibility index (Phi) is 51.4. The van der Waals surface area contributed by atoms with Crippen molar-refractivity contribution in [3.63, 3.8) is 0 Å². The van der Waals surface area contributed by atoms with E-state index in [4.69, 9.17) is 9.05 Å². The first-order chi connectivity index (χ1) is 35.5. The molecular formula is C64H112N2O6P+. The Labute approximate surface area is 450 Å². The van der Waals surface area contributed by atoms with Crippen LogP contribution in [0.5, 0.6) is 0 Å². The van der Waals surface area contributed by atoms with E-state index in [2.05, 4.69) is 129 Å². The van der Waals surface area contributed by atoms with Gasteiger partial charge in [-0.05, 0) is 96.3 Å². The van der Waals surface area contributed by atoms with Crippen molar-refractivity contribution in [3.8, 4) is 0 Å². The lowest BCUT2D eigenvalue weighted by atomic mass is 10.0. The summed E-state index contributed by atoms with van der Waals surface area (Å²) in [6.45, 7) is 4.66. The number of unbranched alkanes of at least 4 members (excludes halogenated alkanes) is 21. The number of aliphatic hydroxyl groups excluding tert-OH is 1. The Balaban J connectivity index is 4.36. The molecule has 8 nitrogen and oxygen atoms in total. The molecule has 73 heavy (non-hydrogen) atoms. The molecule has 0 aliphatic heterocycles. The van der Waals surface area contributed by atoms with Crippen LogP contribution in [-0.2, 0) is 18.4 Å². The number of phosphoric acid groups is 1. The van der Waals surface area contributed by atoms with E-state index < -0.39 is 20.0 Å². The van der Waals surface area contributed by atoms with Crippen molar-refractivity contribution in [2.75, 3.05) is 40.9 Å². The summed E-state index contributed by atoms with van der Waals surface area (Å²) in [5, 5.41) is 13.9. The van der Waals surface area contributed by atoms with Crippen LogP contribution in [0.15, 0.2) is 122 Å². The SMILES string of the molecule is CC/C=C\C/C=C\C/C=C\C/C=C\C/C=C\C/C=C\C/C=C\C/C=C\CCCCCCC(=O)NC(COP(=O)(O)OCC[N+](C)(C)C)C(O)/C=C/CC/C=C/CCCCCCCCCCCCCCCCCC. The van der Waals surface area contributed by atoms with Crippen LogP contribution in [0, 0.1) is 0 Å². The summed E-state index contributed by atoms with van der Waals surface area (Å²) in [6.07, 6.45) is 80.2. The first kappa shape index (κ1) is 69.9. The van der Waals surface area contributed by atoms with Gasteiger partial charge in [-0.25, -0.2) is 4.57 Å². The molecule has 0 aromatic carbocycles. The molecule has 3 atom stereocenters. The number of quaternary nitrogens is 1. The van der Waals surface area contributed by atoms with Crippen LogP contribution in [0.1, 0.15) is 226 Å². The first-order valence-electron chi connectivity index (χ1n) is 29.4. The summed E-state index contributed by atoms with van der Waals surface area (Å²) < 4.78 is 23.7. The third-order valence-corrected chi connectivity index (χ3v) is 13.4. The van der Waals surface area contributed by atoms with Crippen LogP contribution in [0.2, 0.25) is 0 Å². The summed E-state index contributed by atoms with van der Waals surface area (Å²) in [5.41, 5.74) is 0. The molecule has 9 heteroatoms. The van der Waals surface area contributed by atoms with Crippen molar-refractivity contribution in [2.45, 2.75) is 238 Å². The van der Waals surface area contributed by atoms with Crippen molar-refractivity contribution >= 4 is 13.7 Å². The highest BCUT2D eigenvalue weighted by Crippen LogP contribution is 2.43. The van der Waals surface area contributed by atoms with Crippen LogP contribution < -0.4 is 5.32 Å². The summed E-state index contributed by atoms with van der Waals surface area (Å²) in [7, 11) is 1.52. The summed E-state index contributed by atoms with van der Waals surface area (Å²) in [6, 6.07) is -0.888. The second kappa shape index (κ2) is 53.7. The van der Waals surface area contributed by atoms with E-state index in [1.165, 1.54) is 103 Å². The Morgan fingerprint density at radius 3 is 1.26 bits per heavy atom. The maximum Gasteiger partial charge on any atom is 0.472 e. The third kappa shape index (κ3) is 56.5. The number of likely N-dealkylation sites (N-methyl/N-ethyl adjacent to an activating group) is 1. The number of nitrogens with one attached hydrogen (secondary N) is 1. The molecule has 0 fully saturated rings. The fourth-order valence-corrected chi connectivity index (χ4v) is 8.57. The molecule has 3 N–H and O–H groups in total. The molecule has 0 aromatic heterocycles. The number of hydrogen-bond donors (Lipinski definition) is 3. The standard InChI is InChI=1S/C64H111N2O6P/c1-6-8-10-12-14-16-18-20-22-24-26-28-30-31-32-33-34-35-36-38-40-42-44-46-48-50-52-54-56-58-64(68)65-62(61-72-73(69,70)71-60-59-66(3,4)5)63(67)57-55-53-51-49-47-45-43-41-39-37-29-27-25-23-21-19-17-15-13-11-9-7-2/h8,10,14,16,20,22,26,28,31-32,34-35,38,40,44,46-47,49,55,57,62-63,67H,6-7,9,11-13,15,17-19,21,23-25,27,29-30,33,36-37,39,41-43,45,48,50-54,56,58-61H2,1-5H3,(H-,65,68,69,70)/p+1/b10-8-,16-14-,22-20-,28-26-,32-31-,35-34-,40-38-,46-44-,49-47+,57-55+. The van der Waals surface area contributed by atoms with Crippen LogP contribution >= 0.6 is 7.82 Å². The van der Waals surface area contributed by atoms with Gasteiger partial charge in [0.15, 0.2) is 0 Å². The normalized spacial score (nSPS) is 14.8. The Morgan fingerprint density at radius 2 is 0.836 bits per heavy atom. The van der Waals surface area contributed by atoms with Crippen LogP contribution in [0.3, 0.4) is 0 Å². The lowest BCUT2D eigenvalue weighted by Gasteiger charge is -2.25. The number of allylic oxidation sites excluding steroid dienone is 19. The monoisotopic (exact) mass is 1040 g/mol. The second-order valence-electron chi connectivity index (χ2n) is 20.6. The van der Waals surface area contributed by atoms with E-state index in [-0.39, 0.29) is 19.1 Å². The highest BCUT2D eigenvalue weighted by Gasteiger charge is 2.27. The van der Waals surface area contributed by atoms with E-state index in [1.54, 1.807) is 6.08 Å². The minimum absolute atomic E-state index is 0.0440. The maximum atomic E-state index is 13.0. The van der Waals surface area contributed by atoms with E-state index >= 15 is 0 Å². The predicted octanol–water partition coefficient (Wildman–Crippen LogP) is 18.1. The fraction of sp³-hybridized carbons (Fsp3) is 0.672. The Bertz CT molecular complexity index is 1600. The zero-order valence-corrected chi connectivity index (χ0v) is 48.5. The highest BCUT2D eigenvalue weighted by atomic mass is 31.2. The van der Waals surface area contributed by atoms with Gasteiger partial charge in [0.1, 0.15) is 13.2 Å². The molecule has 0 aliphatic rings. The molecule has 0 radical (unpaired) electrons. The van der Waals surface area contributed by atoms with Gasteiger partial charge < -0.3 is 19.8 Å². The van der Waals surface area contributed by atoms with E-state index in [0.717, 1.165) is 103 Å². The molecule has 0 aromatic rings. The quantitative estimate of drug-likeness (QED) is 0.0243. The molecular weight excluding hydrogens is 924 g/mol. The van der Waals surface area contributed by atoms with Gasteiger partial charge in [0.2, 0.25) is 5.91 Å². The molecule has 1 amide bonds. The smallest absolute Gasteiger partial charge is 0.387 e. The lowest BCUT2D eigenvalue weighted by molar-refractivity contribution is -0.870. The average Bonchev–Trinajstić information content (AvgIpc) is 3.35. The molecule has 0 aliphatic carbocycles. The topological polar surface area (TPSA) is 105 Å². The molecule has 3 unspecified atom stereocenters. The fourth-order valence-electron chi connectivity index (χ4n) is 7.84. The van der Waals surface area contributed by atoms with Gasteiger partial charge in [-0.3, -0.25) is 13.8 Å². The first-order valence-corrected chi connectivity index (χ1v) is 30.9. The summed E-state index contributed by atoms with van der Waals surface area (Å²) in [4.78, 5) is 23.3. The third-order valence-electron chi connectivity index (χ3n) is 12.4. The number of rotatable bonds is 52. The van der Waals surface area contributed by atoms with E-state index in [0.29, 0.717) is 17.4 Å². The zero-order chi connectivity index (χ0) is 53.5. The predicted molar refractivity (Wildman–Crippen MR) is 318 cm³/mol.